The van der Waals surface area contributed by atoms with E-state index in [2.05, 4.69) is 10.2 Å². The number of anilines is 1. The third kappa shape index (κ3) is 5.22. The van der Waals surface area contributed by atoms with Crippen molar-refractivity contribution in [1.29, 1.82) is 0 Å². The molecular formula is C18H21FN4O3S2. The van der Waals surface area contributed by atoms with Gasteiger partial charge in [0.1, 0.15) is 10.6 Å². The van der Waals surface area contributed by atoms with Gasteiger partial charge in [-0.25, -0.2) is 14.4 Å². The number of rotatable bonds is 2. The van der Waals surface area contributed by atoms with Gasteiger partial charge >= 0.3 is 0 Å². The van der Waals surface area contributed by atoms with Crippen molar-refractivity contribution in [1.82, 2.24) is 15.3 Å². The zero-order chi connectivity index (χ0) is 20.3. The van der Waals surface area contributed by atoms with E-state index in [-0.39, 0.29) is 5.82 Å². The lowest BCUT2D eigenvalue weighted by Crippen LogP contribution is -2.44. The van der Waals surface area contributed by atoms with E-state index in [1.54, 1.807) is 23.5 Å². The Bertz CT molecular complexity index is 1070. The second-order valence-electron chi connectivity index (χ2n) is 6.40. The van der Waals surface area contributed by atoms with E-state index in [0.717, 1.165) is 41.3 Å². The van der Waals surface area contributed by atoms with Crippen molar-refractivity contribution in [2.75, 3.05) is 37.3 Å². The summed E-state index contributed by atoms with van der Waals surface area (Å²) < 4.78 is 40.2. The number of nitrogens with zero attached hydrogens (tertiary/aromatic N) is 3. The number of thiophene rings is 1. The minimum absolute atomic E-state index is 0.248. The van der Waals surface area contributed by atoms with Crippen molar-refractivity contribution < 1.29 is 17.4 Å². The average molecular weight is 425 g/mol. The van der Waals surface area contributed by atoms with Gasteiger partial charge in [0, 0.05) is 42.0 Å². The molecule has 1 aliphatic heterocycles. The first-order valence-corrected chi connectivity index (χ1v) is 11.3. The maximum atomic E-state index is 14.3. The quantitative estimate of drug-likeness (QED) is 0.611. The Hall–Kier alpha value is -2.14. The Labute approximate surface area is 167 Å². The molecule has 0 amide bonds. The summed E-state index contributed by atoms with van der Waals surface area (Å²) in [5.74, 6) is 0.446. The normalized spacial score (nSPS) is 14.6. The summed E-state index contributed by atoms with van der Waals surface area (Å²) in [6.45, 7) is 5.61. The van der Waals surface area contributed by atoms with Gasteiger partial charge in [-0.1, -0.05) is 12.1 Å². The highest BCUT2D eigenvalue weighted by Crippen LogP contribution is 2.34. The lowest BCUT2D eigenvalue weighted by molar-refractivity contribution is 0.490. The first-order valence-electron chi connectivity index (χ1n) is 8.63. The van der Waals surface area contributed by atoms with E-state index in [1.807, 2.05) is 19.1 Å². The number of halogens is 1. The summed E-state index contributed by atoms with van der Waals surface area (Å²) in [4.78, 5) is 13.7. The van der Waals surface area contributed by atoms with Gasteiger partial charge in [0.2, 0.25) is 5.95 Å². The van der Waals surface area contributed by atoms with Crippen molar-refractivity contribution in [3.05, 3.63) is 41.0 Å². The van der Waals surface area contributed by atoms with Crippen LogP contribution in [0.1, 0.15) is 4.88 Å². The van der Waals surface area contributed by atoms with E-state index in [9.17, 15) is 12.8 Å². The van der Waals surface area contributed by atoms with E-state index in [4.69, 9.17) is 14.5 Å². The summed E-state index contributed by atoms with van der Waals surface area (Å²) in [5, 5.41) is 4.25. The molecule has 0 bridgehead atoms. The number of fused-ring (bicyclic) bond motifs is 1. The van der Waals surface area contributed by atoms with Crippen LogP contribution in [0.2, 0.25) is 0 Å². The summed E-state index contributed by atoms with van der Waals surface area (Å²) >= 11 is 1.63. The zero-order valence-corrected chi connectivity index (χ0v) is 17.1. The summed E-state index contributed by atoms with van der Waals surface area (Å²) in [6, 6.07) is 8.85. The van der Waals surface area contributed by atoms with E-state index in [0.29, 0.717) is 23.5 Å². The number of hydrogen-bond donors (Lipinski definition) is 2. The first kappa shape index (κ1) is 20.6. The molecule has 0 atom stereocenters. The third-order valence-corrected chi connectivity index (χ3v) is 4.98. The molecule has 1 saturated heterocycles. The molecule has 0 radical (unpaired) electrons. The summed E-state index contributed by atoms with van der Waals surface area (Å²) in [5.41, 5.74) is 1.22. The Kier molecular flexibility index (Phi) is 6.23. The van der Waals surface area contributed by atoms with Crippen molar-refractivity contribution in [2.24, 2.45) is 0 Å². The fourth-order valence-corrected chi connectivity index (χ4v) is 3.77. The largest absolute Gasteiger partial charge is 0.338 e. The topological polar surface area (TPSA) is 95.4 Å². The molecule has 28 heavy (non-hydrogen) atoms. The smallest absolute Gasteiger partial charge is 0.261 e. The van der Waals surface area contributed by atoms with Gasteiger partial charge in [0.25, 0.3) is 10.1 Å². The molecule has 0 spiro atoms. The van der Waals surface area contributed by atoms with E-state index in [1.165, 1.54) is 6.07 Å². The number of piperazine rings is 1. The number of benzene rings is 1. The molecule has 0 unspecified atom stereocenters. The lowest BCUT2D eigenvalue weighted by Gasteiger charge is -2.27. The standard InChI is InChI=1S/C17H17FN4S.CH4O3S/c1-11-10-13-15(12-4-2-3-5-14(12)18)20-17(21-16(13)23-11)22-8-6-19-7-9-22;1-5(2,3)4/h2-5,10,19H,6-9H2,1H3;1H3,(H,2,3,4). The molecule has 3 heterocycles. The molecule has 10 heteroatoms. The predicted molar refractivity (Wildman–Crippen MR) is 110 cm³/mol. The maximum Gasteiger partial charge on any atom is 0.261 e. The molecule has 3 aromatic rings. The molecule has 1 fully saturated rings. The van der Waals surface area contributed by atoms with Crippen LogP contribution in [0.25, 0.3) is 21.5 Å². The predicted octanol–water partition coefficient (Wildman–Crippen LogP) is 2.72. The zero-order valence-electron chi connectivity index (χ0n) is 15.5. The minimum Gasteiger partial charge on any atom is -0.338 e. The Morgan fingerprint density at radius 3 is 2.50 bits per heavy atom. The molecule has 7 nitrogen and oxygen atoms in total. The number of aryl methyl sites for hydroxylation is 1. The van der Waals surface area contributed by atoms with Crippen LogP contribution in [0.4, 0.5) is 10.3 Å². The van der Waals surface area contributed by atoms with Gasteiger partial charge in [0.05, 0.1) is 11.9 Å². The van der Waals surface area contributed by atoms with Crippen LogP contribution in [0.5, 0.6) is 0 Å². The second kappa shape index (κ2) is 8.48. The van der Waals surface area contributed by atoms with Crippen LogP contribution in [0.3, 0.4) is 0 Å². The summed E-state index contributed by atoms with van der Waals surface area (Å²) in [7, 11) is -3.67. The molecule has 4 rings (SSSR count). The minimum atomic E-state index is -3.67. The molecule has 0 saturated carbocycles. The van der Waals surface area contributed by atoms with Gasteiger partial charge < -0.3 is 10.2 Å². The fraction of sp³-hybridized carbons (Fsp3) is 0.333. The van der Waals surface area contributed by atoms with E-state index < -0.39 is 10.1 Å². The van der Waals surface area contributed by atoms with Crippen LogP contribution in [0, 0.1) is 12.7 Å². The Morgan fingerprint density at radius 2 is 1.86 bits per heavy atom. The molecule has 1 aliphatic rings. The van der Waals surface area contributed by atoms with Crippen LogP contribution in [-0.4, -0.2) is 55.4 Å². The monoisotopic (exact) mass is 424 g/mol. The number of aromatic nitrogens is 2. The molecule has 1 aromatic carbocycles. The van der Waals surface area contributed by atoms with Crippen LogP contribution in [0.15, 0.2) is 30.3 Å². The molecule has 150 valence electrons. The van der Waals surface area contributed by atoms with Gasteiger partial charge in [-0.3, -0.25) is 4.55 Å². The SMILES string of the molecule is CS(=O)(=O)O.Cc1cc2c(-c3ccccc3F)nc(N3CCNCC3)nc2s1. The van der Waals surface area contributed by atoms with Gasteiger partial charge in [-0.05, 0) is 25.1 Å². The van der Waals surface area contributed by atoms with Crippen LogP contribution >= 0.6 is 11.3 Å². The van der Waals surface area contributed by atoms with Crippen LogP contribution < -0.4 is 10.2 Å². The third-order valence-electron chi connectivity index (χ3n) is 4.03. The number of nitrogens with one attached hydrogen (secondary N) is 1. The lowest BCUT2D eigenvalue weighted by atomic mass is 10.1. The summed E-state index contributed by atoms with van der Waals surface area (Å²) in [6.07, 6.45) is 0.715. The van der Waals surface area contributed by atoms with Crippen molar-refractivity contribution >= 4 is 37.6 Å². The van der Waals surface area contributed by atoms with Crippen LogP contribution in [-0.2, 0) is 10.1 Å². The van der Waals surface area contributed by atoms with Gasteiger partial charge in [-0.15, -0.1) is 11.3 Å². The van der Waals surface area contributed by atoms with Crippen molar-refractivity contribution in [3.63, 3.8) is 0 Å². The van der Waals surface area contributed by atoms with Crippen molar-refractivity contribution in [2.45, 2.75) is 6.92 Å². The highest BCUT2D eigenvalue weighted by Gasteiger charge is 2.19. The first-order chi connectivity index (χ1) is 13.2. The highest BCUT2D eigenvalue weighted by molar-refractivity contribution is 7.85. The van der Waals surface area contributed by atoms with Gasteiger partial charge in [-0.2, -0.15) is 8.42 Å². The Morgan fingerprint density at radius 1 is 1.21 bits per heavy atom. The van der Waals surface area contributed by atoms with Gasteiger partial charge in [0.15, 0.2) is 0 Å². The highest BCUT2D eigenvalue weighted by atomic mass is 32.2. The molecular weight excluding hydrogens is 403 g/mol. The Balaban J connectivity index is 0.000000403. The second-order valence-corrected chi connectivity index (χ2v) is 9.10. The fourth-order valence-electron chi connectivity index (χ4n) is 2.90. The average Bonchev–Trinajstić information content (AvgIpc) is 3.01. The molecule has 0 aliphatic carbocycles. The number of hydrogen-bond acceptors (Lipinski definition) is 7. The molecule has 2 aromatic heterocycles. The van der Waals surface area contributed by atoms with E-state index >= 15 is 0 Å². The maximum absolute atomic E-state index is 14.3. The molecule has 2 N–H and O–H groups in total. The van der Waals surface area contributed by atoms with Crippen molar-refractivity contribution in [3.8, 4) is 11.3 Å².